The van der Waals surface area contributed by atoms with Gasteiger partial charge in [-0.15, -0.1) is 0 Å². The van der Waals surface area contributed by atoms with Crippen LogP contribution >= 0.6 is 0 Å². The lowest BCUT2D eigenvalue weighted by Crippen LogP contribution is -2.17. The van der Waals surface area contributed by atoms with Crippen molar-refractivity contribution in [3.05, 3.63) is 30.1 Å². The number of esters is 1. The van der Waals surface area contributed by atoms with Crippen LogP contribution in [0.25, 0.3) is 0 Å². The Morgan fingerprint density at radius 3 is 2.71 bits per heavy atom. The smallest absolute Gasteiger partial charge is 0.349 e. The second-order valence-corrected chi connectivity index (χ2v) is 2.61. The summed E-state index contributed by atoms with van der Waals surface area (Å²) in [5.74, 6) is -1.85. The van der Waals surface area contributed by atoms with Gasteiger partial charge in [0.05, 0.1) is 0 Å². The lowest BCUT2D eigenvalue weighted by atomic mass is 10.2. The summed E-state index contributed by atoms with van der Waals surface area (Å²) >= 11 is 0. The average Bonchev–Trinajstić information content (AvgIpc) is 2.15. The number of aliphatic carboxylic acids is 1. The molecule has 0 saturated carbocycles. The van der Waals surface area contributed by atoms with Crippen molar-refractivity contribution < 1.29 is 19.4 Å². The van der Waals surface area contributed by atoms with E-state index in [1.807, 2.05) is 0 Å². The molecule has 1 aromatic heterocycles. The van der Waals surface area contributed by atoms with E-state index < -0.39 is 18.0 Å². The number of hydrogen-bond donors (Lipinski definition) is 1. The molecule has 0 saturated heterocycles. The number of carbonyl (C=O) groups excluding carboxylic acids is 1. The van der Waals surface area contributed by atoms with Crippen LogP contribution < -0.4 is 0 Å². The highest BCUT2D eigenvalue weighted by atomic mass is 16.6. The predicted molar refractivity (Wildman–Crippen MR) is 46.4 cm³/mol. The number of carboxylic acids is 1. The molecule has 1 N–H and O–H groups in total. The standard InChI is InChI=1S/C9H9NO4/c1-6(11)14-8(9(12)13)7-3-2-4-10-5-7/h2-5,8H,1H3,(H,12,13). The van der Waals surface area contributed by atoms with Crippen LogP contribution in [0.1, 0.15) is 18.6 Å². The fourth-order valence-corrected chi connectivity index (χ4v) is 0.958. The summed E-state index contributed by atoms with van der Waals surface area (Å²) < 4.78 is 4.62. The maximum atomic E-state index is 10.7. The Hall–Kier alpha value is -1.91. The van der Waals surface area contributed by atoms with Gasteiger partial charge in [0.1, 0.15) is 0 Å². The van der Waals surface area contributed by atoms with Crippen LogP contribution in [0.2, 0.25) is 0 Å². The first-order valence-corrected chi connectivity index (χ1v) is 3.91. The van der Waals surface area contributed by atoms with Gasteiger partial charge in [-0.2, -0.15) is 0 Å². The zero-order chi connectivity index (χ0) is 10.6. The molecule has 74 valence electrons. The fourth-order valence-electron chi connectivity index (χ4n) is 0.958. The van der Waals surface area contributed by atoms with Gasteiger partial charge in [-0.1, -0.05) is 6.07 Å². The van der Waals surface area contributed by atoms with Gasteiger partial charge in [0.2, 0.25) is 6.10 Å². The van der Waals surface area contributed by atoms with Crippen LogP contribution in [0.5, 0.6) is 0 Å². The van der Waals surface area contributed by atoms with E-state index in [0.29, 0.717) is 5.56 Å². The molecule has 0 radical (unpaired) electrons. The van der Waals surface area contributed by atoms with Crippen LogP contribution in [0.3, 0.4) is 0 Å². The first kappa shape index (κ1) is 10.2. The van der Waals surface area contributed by atoms with E-state index in [-0.39, 0.29) is 0 Å². The summed E-state index contributed by atoms with van der Waals surface area (Å²) in [7, 11) is 0. The minimum absolute atomic E-state index is 0.343. The van der Waals surface area contributed by atoms with Crippen LogP contribution in [-0.4, -0.2) is 22.0 Å². The summed E-state index contributed by atoms with van der Waals surface area (Å²) in [6, 6.07) is 3.11. The number of hydrogen-bond acceptors (Lipinski definition) is 4. The Morgan fingerprint density at radius 2 is 2.29 bits per heavy atom. The fraction of sp³-hybridized carbons (Fsp3) is 0.222. The molecular weight excluding hydrogens is 186 g/mol. The Bertz CT molecular complexity index is 336. The van der Waals surface area contributed by atoms with E-state index in [0.717, 1.165) is 6.92 Å². The predicted octanol–water partition coefficient (Wildman–Crippen LogP) is 0.770. The van der Waals surface area contributed by atoms with E-state index >= 15 is 0 Å². The van der Waals surface area contributed by atoms with Crippen molar-refractivity contribution in [1.82, 2.24) is 4.98 Å². The summed E-state index contributed by atoms with van der Waals surface area (Å²) in [5, 5.41) is 8.77. The number of nitrogens with zero attached hydrogens (tertiary/aromatic N) is 1. The summed E-state index contributed by atoms with van der Waals surface area (Å²) in [6.45, 7) is 1.16. The van der Waals surface area contributed by atoms with Crippen molar-refractivity contribution in [2.75, 3.05) is 0 Å². The lowest BCUT2D eigenvalue weighted by molar-refractivity contribution is -0.163. The second kappa shape index (κ2) is 4.36. The molecule has 0 fully saturated rings. The van der Waals surface area contributed by atoms with Crippen molar-refractivity contribution in [3.63, 3.8) is 0 Å². The molecular formula is C9H9NO4. The maximum Gasteiger partial charge on any atom is 0.349 e. The molecule has 0 amide bonds. The molecule has 0 aromatic carbocycles. The van der Waals surface area contributed by atoms with Gasteiger partial charge < -0.3 is 9.84 Å². The largest absolute Gasteiger partial charge is 0.478 e. The van der Waals surface area contributed by atoms with Gasteiger partial charge in [0.15, 0.2) is 0 Å². The highest BCUT2D eigenvalue weighted by Crippen LogP contribution is 2.16. The van der Waals surface area contributed by atoms with Crippen molar-refractivity contribution in [1.29, 1.82) is 0 Å². The zero-order valence-electron chi connectivity index (χ0n) is 7.51. The van der Waals surface area contributed by atoms with E-state index in [1.165, 1.54) is 18.5 Å². The molecule has 0 aliphatic heterocycles. The Kier molecular flexibility index (Phi) is 3.17. The van der Waals surface area contributed by atoms with E-state index in [2.05, 4.69) is 9.72 Å². The second-order valence-electron chi connectivity index (χ2n) is 2.61. The van der Waals surface area contributed by atoms with Crippen LogP contribution in [0.4, 0.5) is 0 Å². The molecule has 5 heteroatoms. The van der Waals surface area contributed by atoms with Gasteiger partial charge in [-0.3, -0.25) is 9.78 Å². The highest BCUT2D eigenvalue weighted by Gasteiger charge is 2.22. The highest BCUT2D eigenvalue weighted by molar-refractivity contribution is 5.78. The number of ether oxygens (including phenoxy) is 1. The molecule has 5 nitrogen and oxygen atoms in total. The van der Waals surface area contributed by atoms with Crippen LogP contribution in [-0.2, 0) is 14.3 Å². The Balaban J connectivity index is 2.89. The molecule has 1 atom stereocenters. The lowest BCUT2D eigenvalue weighted by Gasteiger charge is -2.11. The summed E-state index contributed by atoms with van der Waals surface area (Å²) in [5.41, 5.74) is 0.343. The molecule has 1 unspecified atom stereocenters. The van der Waals surface area contributed by atoms with Gasteiger partial charge in [-0.25, -0.2) is 4.79 Å². The average molecular weight is 195 g/mol. The number of carboxylic acid groups (broad SMARTS) is 1. The van der Waals surface area contributed by atoms with E-state index in [9.17, 15) is 9.59 Å². The van der Waals surface area contributed by atoms with Gasteiger partial charge in [0, 0.05) is 24.9 Å². The van der Waals surface area contributed by atoms with Crippen molar-refractivity contribution >= 4 is 11.9 Å². The topological polar surface area (TPSA) is 76.5 Å². The molecule has 0 spiro atoms. The van der Waals surface area contributed by atoms with Crippen molar-refractivity contribution in [2.45, 2.75) is 13.0 Å². The van der Waals surface area contributed by atoms with Crippen LogP contribution in [0.15, 0.2) is 24.5 Å². The Morgan fingerprint density at radius 1 is 1.57 bits per heavy atom. The van der Waals surface area contributed by atoms with E-state index in [4.69, 9.17) is 5.11 Å². The molecule has 1 rings (SSSR count). The molecule has 14 heavy (non-hydrogen) atoms. The Labute approximate surface area is 80.3 Å². The van der Waals surface area contributed by atoms with Crippen molar-refractivity contribution in [3.8, 4) is 0 Å². The quantitative estimate of drug-likeness (QED) is 0.721. The van der Waals surface area contributed by atoms with Crippen molar-refractivity contribution in [2.24, 2.45) is 0 Å². The monoisotopic (exact) mass is 195 g/mol. The zero-order valence-corrected chi connectivity index (χ0v) is 7.51. The first-order chi connectivity index (χ1) is 6.61. The third kappa shape index (κ3) is 2.55. The normalized spacial score (nSPS) is 11.8. The molecule has 0 aliphatic rings. The third-order valence-corrected chi connectivity index (χ3v) is 1.50. The molecule has 0 aliphatic carbocycles. The summed E-state index contributed by atoms with van der Waals surface area (Å²) in [6.07, 6.45) is 1.58. The number of carbonyl (C=O) groups is 2. The van der Waals surface area contributed by atoms with Gasteiger partial charge >= 0.3 is 11.9 Å². The first-order valence-electron chi connectivity index (χ1n) is 3.91. The minimum Gasteiger partial charge on any atom is -0.478 e. The maximum absolute atomic E-state index is 10.7. The number of aromatic nitrogens is 1. The molecule has 0 bridgehead atoms. The number of rotatable bonds is 3. The SMILES string of the molecule is CC(=O)OC(C(=O)O)c1cccnc1. The molecule has 1 heterocycles. The van der Waals surface area contributed by atoms with E-state index in [1.54, 1.807) is 6.07 Å². The van der Waals surface area contributed by atoms with Gasteiger partial charge in [-0.05, 0) is 6.07 Å². The number of pyridine rings is 1. The minimum atomic E-state index is -1.28. The summed E-state index contributed by atoms with van der Waals surface area (Å²) in [4.78, 5) is 25.1. The molecule has 1 aromatic rings. The third-order valence-electron chi connectivity index (χ3n) is 1.50. The van der Waals surface area contributed by atoms with Gasteiger partial charge in [0.25, 0.3) is 0 Å². The van der Waals surface area contributed by atoms with Crippen LogP contribution in [0, 0.1) is 0 Å².